The van der Waals surface area contributed by atoms with Crippen molar-refractivity contribution in [2.24, 2.45) is 0 Å². The minimum absolute atomic E-state index is 0.0324. The summed E-state index contributed by atoms with van der Waals surface area (Å²) in [6.07, 6.45) is -0.256. The van der Waals surface area contributed by atoms with Crippen LogP contribution in [0.1, 0.15) is 20.3 Å². The summed E-state index contributed by atoms with van der Waals surface area (Å²) in [6, 6.07) is 0. The van der Waals surface area contributed by atoms with Crippen molar-refractivity contribution in [3.63, 3.8) is 0 Å². The van der Waals surface area contributed by atoms with Gasteiger partial charge in [-0.1, -0.05) is 6.58 Å². The van der Waals surface area contributed by atoms with E-state index in [2.05, 4.69) is 29.2 Å². The summed E-state index contributed by atoms with van der Waals surface area (Å²) < 4.78 is 9.27. The second kappa shape index (κ2) is 10.6. The van der Waals surface area contributed by atoms with E-state index < -0.39 is 11.9 Å². The van der Waals surface area contributed by atoms with Crippen LogP contribution in [-0.4, -0.2) is 30.9 Å². The molecule has 0 aliphatic heterocycles. The Labute approximate surface area is 101 Å². The molecule has 0 amide bonds. The first-order valence-corrected chi connectivity index (χ1v) is 4.91. The fraction of sp³-hybridized carbons (Fsp3) is 0.417. The number of hydrogen-bond acceptors (Lipinski definition) is 5. The largest absolute Gasteiger partial charge is 0.462 e. The topological polar surface area (TPSA) is 69.7 Å². The lowest BCUT2D eigenvalue weighted by Crippen LogP contribution is -2.15. The average Bonchev–Trinajstić information content (AvgIpc) is 2.25. The molecule has 5 nitrogen and oxygen atoms in total. The Morgan fingerprint density at radius 2 is 1.47 bits per heavy atom. The smallest absolute Gasteiger partial charge is 0.333 e. The van der Waals surface area contributed by atoms with Gasteiger partial charge in [0.2, 0.25) is 0 Å². The molecule has 0 radical (unpaired) electrons. The summed E-state index contributed by atoms with van der Waals surface area (Å²) in [6.45, 7) is 12.1. The first-order valence-electron chi connectivity index (χ1n) is 4.91. The third kappa shape index (κ3) is 12.0. The lowest BCUT2D eigenvalue weighted by atomic mass is 10.3. The molecule has 0 saturated heterocycles. The van der Waals surface area contributed by atoms with Gasteiger partial charge in [0, 0.05) is 5.57 Å². The number of esters is 2. The second-order valence-corrected chi connectivity index (χ2v) is 3.02. The van der Waals surface area contributed by atoms with Gasteiger partial charge in [0.1, 0.15) is 25.4 Å². The van der Waals surface area contributed by atoms with E-state index >= 15 is 0 Å². The molecule has 0 bridgehead atoms. The van der Waals surface area contributed by atoms with Crippen LogP contribution in [0.4, 0.5) is 0 Å². The summed E-state index contributed by atoms with van der Waals surface area (Å²) in [4.78, 5) is 32.2. The molecular formula is C12H18O5. The molecule has 5 heteroatoms. The fourth-order valence-electron chi connectivity index (χ4n) is 0.667. The van der Waals surface area contributed by atoms with Gasteiger partial charge >= 0.3 is 11.9 Å². The van der Waals surface area contributed by atoms with Crippen LogP contribution in [0.15, 0.2) is 25.3 Å². The number of carbonyl (C=O) groups excluding carboxylic acids is 3. The maximum absolute atomic E-state index is 10.8. The number of ketones is 1. The zero-order chi connectivity index (χ0) is 13.8. The zero-order valence-electron chi connectivity index (χ0n) is 10.3. The summed E-state index contributed by atoms with van der Waals surface area (Å²) in [5.74, 6) is -1.41. The van der Waals surface area contributed by atoms with Gasteiger partial charge in [-0.3, -0.25) is 9.59 Å². The lowest BCUT2D eigenvalue weighted by Gasteiger charge is -2.05. The molecule has 0 N–H and O–H groups in total. The van der Waals surface area contributed by atoms with E-state index in [1.807, 2.05) is 0 Å². The van der Waals surface area contributed by atoms with E-state index in [9.17, 15) is 14.4 Å². The predicted molar refractivity (Wildman–Crippen MR) is 63.3 cm³/mol. The third-order valence-corrected chi connectivity index (χ3v) is 1.32. The molecule has 0 heterocycles. The number of ether oxygens (including phenoxy) is 2. The Morgan fingerprint density at radius 1 is 1.00 bits per heavy atom. The summed E-state index contributed by atoms with van der Waals surface area (Å²) in [5, 5.41) is 0. The number of hydrogen-bond donors (Lipinski definition) is 0. The van der Waals surface area contributed by atoms with Gasteiger partial charge in [-0.05, 0) is 13.8 Å². The quantitative estimate of drug-likeness (QED) is 0.232. The van der Waals surface area contributed by atoms with Crippen LogP contribution in [-0.2, 0) is 23.9 Å². The first kappa shape index (κ1) is 17.5. The van der Waals surface area contributed by atoms with Crippen LogP contribution in [0.2, 0.25) is 0 Å². The van der Waals surface area contributed by atoms with E-state index in [1.165, 1.54) is 13.8 Å². The van der Waals surface area contributed by atoms with Crippen molar-refractivity contribution >= 4 is 17.7 Å². The molecule has 17 heavy (non-hydrogen) atoms. The molecule has 0 saturated carbocycles. The molecular weight excluding hydrogens is 224 g/mol. The van der Waals surface area contributed by atoms with E-state index in [1.54, 1.807) is 0 Å². The fourth-order valence-corrected chi connectivity index (χ4v) is 0.667. The van der Waals surface area contributed by atoms with Crippen molar-refractivity contribution in [2.45, 2.75) is 20.3 Å². The van der Waals surface area contributed by atoms with E-state index in [0.29, 0.717) is 0 Å². The molecule has 0 atom stereocenters. The van der Waals surface area contributed by atoms with Crippen LogP contribution >= 0.6 is 0 Å². The molecule has 0 spiro atoms. The maximum Gasteiger partial charge on any atom is 0.333 e. The highest BCUT2D eigenvalue weighted by molar-refractivity contribution is 5.94. The van der Waals surface area contributed by atoms with Gasteiger partial charge in [-0.25, -0.2) is 4.79 Å². The Bertz CT molecular complexity index is 293. The van der Waals surface area contributed by atoms with Gasteiger partial charge in [0.25, 0.3) is 0 Å². The van der Waals surface area contributed by atoms with Crippen LogP contribution in [0.5, 0.6) is 0 Å². The molecule has 0 aliphatic carbocycles. The van der Waals surface area contributed by atoms with Gasteiger partial charge in [0.05, 0.1) is 0 Å². The standard InChI is InChI=1S/C10H14O5.C2H4/c1-7(2)10(13)15-5-4-14-9(12)6-8(3)11;1-2/h1,4-6H2,2-3H3;1-2H2. The molecule has 0 aromatic heterocycles. The molecule has 0 aromatic rings. The van der Waals surface area contributed by atoms with E-state index in [0.717, 1.165) is 0 Å². The summed E-state index contributed by atoms with van der Waals surface area (Å²) >= 11 is 0. The highest BCUT2D eigenvalue weighted by Crippen LogP contribution is 1.93. The summed E-state index contributed by atoms with van der Waals surface area (Å²) in [5.41, 5.74) is 0.282. The molecule has 0 aromatic carbocycles. The SMILES string of the molecule is C=C.C=C(C)C(=O)OCCOC(=O)CC(C)=O. The second-order valence-electron chi connectivity index (χ2n) is 3.02. The number of carbonyl (C=O) groups is 3. The summed E-state index contributed by atoms with van der Waals surface area (Å²) in [7, 11) is 0. The third-order valence-electron chi connectivity index (χ3n) is 1.32. The van der Waals surface area contributed by atoms with Crippen molar-refractivity contribution in [1.82, 2.24) is 0 Å². The Morgan fingerprint density at radius 3 is 1.88 bits per heavy atom. The van der Waals surface area contributed by atoms with Gasteiger partial charge in [-0.2, -0.15) is 0 Å². The highest BCUT2D eigenvalue weighted by atomic mass is 16.6. The normalized spacial score (nSPS) is 8.35. The Hall–Kier alpha value is -1.91. The molecule has 96 valence electrons. The van der Waals surface area contributed by atoms with Crippen LogP contribution in [0.25, 0.3) is 0 Å². The van der Waals surface area contributed by atoms with E-state index in [-0.39, 0.29) is 31.0 Å². The minimum atomic E-state index is -0.617. The zero-order valence-corrected chi connectivity index (χ0v) is 10.3. The predicted octanol–water partition coefficient (Wildman–Crippen LogP) is 1.43. The first-order chi connectivity index (χ1) is 7.93. The van der Waals surface area contributed by atoms with Crippen LogP contribution in [0.3, 0.4) is 0 Å². The van der Waals surface area contributed by atoms with Crippen molar-refractivity contribution in [3.8, 4) is 0 Å². The van der Waals surface area contributed by atoms with Gasteiger partial charge in [0.15, 0.2) is 0 Å². The van der Waals surface area contributed by atoms with Crippen LogP contribution < -0.4 is 0 Å². The highest BCUT2D eigenvalue weighted by Gasteiger charge is 2.07. The molecule has 0 unspecified atom stereocenters. The van der Waals surface area contributed by atoms with Gasteiger partial charge < -0.3 is 9.47 Å². The molecule has 0 fully saturated rings. The number of Topliss-reactive ketones (excluding diaryl/α,β-unsaturated/α-hetero) is 1. The monoisotopic (exact) mass is 242 g/mol. The van der Waals surface area contributed by atoms with Crippen molar-refractivity contribution in [3.05, 3.63) is 25.3 Å². The van der Waals surface area contributed by atoms with Crippen molar-refractivity contribution < 1.29 is 23.9 Å². The lowest BCUT2D eigenvalue weighted by molar-refractivity contribution is -0.151. The molecule has 0 rings (SSSR count). The Balaban J connectivity index is 0. The van der Waals surface area contributed by atoms with Gasteiger partial charge in [-0.15, -0.1) is 13.2 Å². The average molecular weight is 242 g/mol. The van der Waals surface area contributed by atoms with E-state index in [4.69, 9.17) is 0 Å². The van der Waals surface area contributed by atoms with Crippen LogP contribution in [0, 0.1) is 0 Å². The molecule has 0 aliphatic rings. The minimum Gasteiger partial charge on any atom is -0.462 e. The maximum atomic E-state index is 10.8. The van der Waals surface area contributed by atoms with Crippen molar-refractivity contribution in [1.29, 1.82) is 0 Å². The number of rotatable bonds is 6. The van der Waals surface area contributed by atoms with Crippen molar-refractivity contribution in [2.75, 3.05) is 13.2 Å². The Kier molecular flexibility index (Phi) is 10.9.